The van der Waals surface area contributed by atoms with Crippen molar-refractivity contribution in [3.8, 4) is 11.5 Å². The Bertz CT molecular complexity index is 999. The largest absolute Gasteiger partial charge is 0.465 e. The molecule has 7 heteroatoms. The first-order valence-corrected chi connectivity index (χ1v) is 10.4. The van der Waals surface area contributed by atoms with Gasteiger partial charge in [0.05, 0.1) is 12.7 Å². The van der Waals surface area contributed by atoms with Gasteiger partial charge in [0.2, 0.25) is 0 Å². The van der Waals surface area contributed by atoms with Gasteiger partial charge in [0, 0.05) is 10.6 Å². The number of aryl methyl sites for hydroxylation is 1. The number of nitrogens with one attached hydrogen (secondary N) is 2. The Balaban J connectivity index is 1.67. The van der Waals surface area contributed by atoms with Crippen LogP contribution in [0.1, 0.15) is 27.7 Å². The molecule has 0 fully saturated rings. The summed E-state index contributed by atoms with van der Waals surface area (Å²) in [4.78, 5) is 13.3. The van der Waals surface area contributed by atoms with Gasteiger partial charge in [-0.15, -0.1) is 11.3 Å². The minimum atomic E-state index is -0.362. The maximum Gasteiger partial charge on any atom is 0.341 e. The van der Waals surface area contributed by atoms with Crippen LogP contribution in [0.5, 0.6) is 11.5 Å². The highest BCUT2D eigenvalue weighted by Gasteiger charge is 2.22. The second kappa shape index (κ2) is 9.54. The Morgan fingerprint density at radius 2 is 1.69 bits per heavy atom. The summed E-state index contributed by atoms with van der Waals surface area (Å²) in [6.07, 6.45) is 0.748. The Morgan fingerprint density at radius 3 is 2.31 bits per heavy atom. The number of ether oxygens (including phenoxy) is 2. The molecule has 0 aliphatic carbocycles. The standard InChI is InChI=1S/C22H22N2O3S2/c1-4-18-14(2)29-20(19(18)21(25)26-3)24-22(28)23-15-10-12-17(13-11-15)27-16-8-6-5-7-9-16/h5-13H,4H2,1-3H3,(H2,23,24,28). The molecule has 3 rings (SSSR count). The van der Waals surface area contributed by atoms with Gasteiger partial charge in [-0.1, -0.05) is 25.1 Å². The van der Waals surface area contributed by atoms with Crippen LogP contribution in [0.2, 0.25) is 0 Å². The van der Waals surface area contributed by atoms with E-state index in [-0.39, 0.29) is 5.97 Å². The Morgan fingerprint density at radius 1 is 1.03 bits per heavy atom. The molecule has 0 saturated carbocycles. The van der Waals surface area contributed by atoms with Crippen LogP contribution in [0, 0.1) is 6.92 Å². The quantitative estimate of drug-likeness (QED) is 0.372. The van der Waals surface area contributed by atoms with Crippen LogP contribution in [0.25, 0.3) is 0 Å². The fourth-order valence-corrected chi connectivity index (χ4v) is 4.33. The lowest BCUT2D eigenvalue weighted by atomic mass is 10.1. The number of benzene rings is 2. The van der Waals surface area contributed by atoms with E-state index < -0.39 is 0 Å². The van der Waals surface area contributed by atoms with Gasteiger partial charge in [-0.25, -0.2) is 4.79 Å². The zero-order valence-corrected chi connectivity index (χ0v) is 18.1. The lowest BCUT2D eigenvalue weighted by Crippen LogP contribution is -2.20. The van der Waals surface area contributed by atoms with Crippen LogP contribution in [0.4, 0.5) is 10.7 Å². The second-order valence-electron chi connectivity index (χ2n) is 6.20. The van der Waals surface area contributed by atoms with Gasteiger partial charge in [-0.05, 0) is 67.5 Å². The Kier molecular flexibility index (Phi) is 6.85. The molecule has 1 aromatic heterocycles. The number of rotatable bonds is 6. The van der Waals surface area contributed by atoms with E-state index in [0.717, 1.165) is 34.0 Å². The first-order valence-electron chi connectivity index (χ1n) is 9.13. The number of thiophene rings is 1. The molecule has 150 valence electrons. The summed E-state index contributed by atoms with van der Waals surface area (Å²) in [6.45, 7) is 4.00. The maximum absolute atomic E-state index is 12.2. The summed E-state index contributed by atoms with van der Waals surface area (Å²) in [5.74, 6) is 1.15. The van der Waals surface area contributed by atoms with Gasteiger partial charge in [0.25, 0.3) is 0 Å². The lowest BCUT2D eigenvalue weighted by Gasteiger charge is -2.12. The van der Waals surface area contributed by atoms with Gasteiger partial charge >= 0.3 is 5.97 Å². The van der Waals surface area contributed by atoms with E-state index in [9.17, 15) is 4.79 Å². The zero-order chi connectivity index (χ0) is 20.8. The summed E-state index contributed by atoms with van der Waals surface area (Å²) < 4.78 is 10.7. The van der Waals surface area contributed by atoms with E-state index in [2.05, 4.69) is 10.6 Å². The van der Waals surface area contributed by atoms with Crippen molar-refractivity contribution in [3.05, 3.63) is 70.6 Å². The molecule has 0 saturated heterocycles. The molecule has 0 spiro atoms. The molecule has 5 nitrogen and oxygen atoms in total. The van der Waals surface area contributed by atoms with Gasteiger partial charge in [-0.2, -0.15) is 0 Å². The van der Waals surface area contributed by atoms with Crippen molar-refractivity contribution in [2.45, 2.75) is 20.3 Å². The summed E-state index contributed by atoms with van der Waals surface area (Å²) in [6, 6.07) is 17.1. The van der Waals surface area contributed by atoms with Gasteiger partial charge < -0.3 is 20.1 Å². The number of para-hydroxylation sites is 1. The van der Waals surface area contributed by atoms with Crippen LogP contribution in [-0.2, 0) is 11.2 Å². The van der Waals surface area contributed by atoms with Crippen molar-refractivity contribution < 1.29 is 14.3 Å². The molecule has 2 N–H and O–H groups in total. The third-order valence-electron chi connectivity index (χ3n) is 4.27. The fraction of sp³-hybridized carbons (Fsp3) is 0.182. The van der Waals surface area contributed by atoms with E-state index >= 15 is 0 Å². The smallest absolute Gasteiger partial charge is 0.341 e. The molecule has 0 unspecified atom stereocenters. The van der Waals surface area contributed by atoms with Gasteiger partial charge in [0.1, 0.15) is 16.5 Å². The average molecular weight is 427 g/mol. The molecule has 0 amide bonds. The van der Waals surface area contributed by atoms with Crippen molar-refractivity contribution in [3.63, 3.8) is 0 Å². The monoisotopic (exact) mass is 426 g/mol. The van der Waals surface area contributed by atoms with Gasteiger partial charge in [-0.3, -0.25) is 0 Å². The van der Waals surface area contributed by atoms with Crippen LogP contribution in [-0.4, -0.2) is 18.2 Å². The molecule has 0 aliphatic rings. The summed E-state index contributed by atoms with van der Waals surface area (Å²) in [7, 11) is 1.38. The van der Waals surface area contributed by atoms with E-state index in [1.807, 2.05) is 68.4 Å². The molecule has 0 atom stereocenters. The third kappa shape index (κ3) is 5.13. The predicted octanol–water partition coefficient (Wildman–Crippen LogP) is 6.01. The van der Waals surface area contributed by atoms with E-state index in [1.54, 1.807) is 0 Å². The summed E-state index contributed by atoms with van der Waals surface area (Å²) in [5, 5.41) is 7.35. The maximum atomic E-state index is 12.2. The van der Waals surface area contributed by atoms with Crippen molar-refractivity contribution in [2.24, 2.45) is 0 Å². The molecular weight excluding hydrogens is 404 g/mol. The van der Waals surface area contributed by atoms with Crippen molar-refractivity contribution in [1.29, 1.82) is 0 Å². The number of anilines is 2. The van der Waals surface area contributed by atoms with Crippen LogP contribution in [0.15, 0.2) is 54.6 Å². The number of hydrogen-bond donors (Lipinski definition) is 2. The molecule has 0 aliphatic heterocycles. The molecule has 2 aromatic carbocycles. The lowest BCUT2D eigenvalue weighted by molar-refractivity contribution is 0.0601. The average Bonchev–Trinajstić information content (AvgIpc) is 3.04. The first-order chi connectivity index (χ1) is 14.0. The van der Waals surface area contributed by atoms with Crippen molar-refractivity contribution in [1.82, 2.24) is 0 Å². The van der Waals surface area contributed by atoms with Crippen LogP contribution in [0.3, 0.4) is 0 Å². The summed E-state index contributed by atoms with van der Waals surface area (Å²) in [5.41, 5.74) is 2.34. The van der Waals surface area contributed by atoms with E-state index in [4.69, 9.17) is 21.7 Å². The second-order valence-corrected chi connectivity index (χ2v) is 7.84. The fourth-order valence-electron chi connectivity index (χ4n) is 2.91. The predicted molar refractivity (Wildman–Crippen MR) is 123 cm³/mol. The molecule has 3 aromatic rings. The molecular formula is C22H22N2O3S2. The SMILES string of the molecule is CCc1c(C)sc(NC(=S)Nc2ccc(Oc3ccccc3)cc2)c1C(=O)OC. The minimum Gasteiger partial charge on any atom is -0.465 e. The van der Waals surface area contributed by atoms with E-state index in [1.165, 1.54) is 18.4 Å². The number of methoxy groups -OCH3 is 1. The zero-order valence-electron chi connectivity index (χ0n) is 16.4. The highest BCUT2D eigenvalue weighted by Crippen LogP contribution is 2.34. The van der Waals surface area contributed by atoms with Crippen molar-refractivity contribution in [2.75, 3.05) is 17.7 Å². The number of hydrogen-bond acceptors (Lipinski definition) is 5. The number of thiocarbonyl (C=S) groups is 1. The Hall–Kier alpha value is -2.90. The Labute approximate surface area is 179 Å². The van der Waals surface area contributed by atoms with E-state index in [0.29, 0.717) is 15.7 Å². The topological polar surface area (TPSA) is 59.6 Å². The van der Waals surface area contributed by atoms with Crippen LogP contribution < -0.4 is 15.4 Å². The molecule has 0 radical (unpaired) electrons. The highest BCUT2D eigenvalue weighted by molar-refractivity contribution is 7.80. The highest BCUT2D eigenvalue weighted by atomic mass is 32.1. The third-order valence-corrected chi connectivity index (χ3v) is 5.54. The summed E-state index contributed by atoms with van der Waals surface area (Å²) >= 11 is 6.92. The molecule has 0 bridgehead atoms. The van der Waals surface area contributed by atoms with Crippen molar-refractivity contribution >= 4 is 45.3 Å². The first kappa shape index (κ1) is 20.8. The normalized spacial score (nSPS) is 10.3. The minimum absolute atomic E-state index is 0.362. The van der Waals surface area contributed by atoms with Crippen LogP contribution >= 0.6 is 23.6 Å². The van der Waals surface area contributed by atoms with Gasteiger partial charge in [0.15, 0.2) is 5.11 Å². The number of carbonyl (C=O) groups is 1. The number of carbonyl (C=O) groups excluding carboxylic acids is 1. The molecule has 1 heterocycles. The number of esters is 1. The molecule has 29 heavy (non-hydrogen) atoms.